The van der Waals surface area contributed by atoms with Crippen molar-refractivity contribution in [2.75, 3.05) is 12.1 Å². The molecular weight excluding hydrogens is 346 g/mol. The van der Waals surface area contributed by atoms with Crippen LogP contribution in [0.3, 0.4) is 0 Å². The summed E-state index contributed by atoms with van der Waals surface area (Å²) in [5.41, 5.74) is 4.71. The van der Waals surface area contributed by atoms with E-state index in [0.717, 1.165) is 5.56 Å². The molecule has 27 heavy (non-hydrogen) atoms. The van der Waals surface area contributed by atoms with E-state index < -0.39 is 0 Å². The third-order valence-corrected chi connectivity index (χ3v) is 3.93. The highest BCUT2D eigenvalue weighted by atomic mass is 16.7. The number of ether oxygens (including phenoxy) is 2. The summed E-state index contributed by atoms with van der Waals surface area (Å²) in [5, 5.41) is 6.76. The van der Waals surface area contributed by atoms with Crippen molar-refractivity contribution in [2.24, 2.45) is 5.10 Å². The van der Waals surface area contributed by atoms with Gasteiger partial charge < -0.3 is 14.8 Å². The molecule has 2 aromatic rings. The Morgan fingerprint density at radius 1 is 1.04 bits per heavy atom. The van der Waals surface area contributed by atoms with E-state index in [1.807, 2.05) is 30.3 Å². The van der Waals surface area contributed by atoms with Crippen LogP contribution in [0.1, 0.15) is 25.3 Å². The number of fused-ring (bicyclic) bond motifs is 1. The van der Waals surface area contributed by atoms with Crippen molar-refractivity contribution in [3.05, 3.63) is 54.1 Å². The van der Waals surface area contributed by atoms with Crippen LogP contribution in [-0.4, -0.2) is 24.3 Å². The van der Waals surface area contributed by atoms with Crippen molar-refractivity contribution < 1.29 is 19.1 Å². The fraction of sp³-hybridized carbons (Fsp3) is 0.250. The zero-order valence-corrected chi connectivity index (χ0v) is 15.0. The molecule has 3 rings (SSSR count). The van der Waals surface area contributed by atoms with Crippen molar-refractivity contribution in [3.8, 4) is 11.5 Å². The molecule has 1 heterocycles. The number of carbonyl (C=O) groups excluding carboxylic acids is 2. The van der Waals surface area contributed by atoms with E-state index in [2.05, 4.69) is 15.8 Å². The van der Waals surface area contributed by atoms with Crippen molar-refractivity contribution >= 4 is 23.2 Å². The second-order valence-corrected chi connectivity index (χ2v) is 6.16. The van der Waals surface area contributed by atoms with Gasteiger partial charge in [-0.15, -0.1) is 0 Å². The number of anilines is 1. The lowest BCUT2D eigenvalue weighted by Gasteiger charge is -2.06. The topological polar surface area (TPSA) is 89.0 Å². The predicted molar refractivity (Wildman–Crippen MR) is 102 cm³/mol. The third-order valence-electron chi connectivity index (χ3n) is 3.93. The summed E-state index contributed by atoms with van der Waals surface area (Å²) in [6, 6.07) is 15.0. The molecule has 0 spiro atoms. The number of carbonyl (C=O) groups is 2. The highest BCUT2D eigenvalue weighted by Gasteiger charge is 2.14. The monoisotopic (exact) mass is 367 g/mol. The number of rotatable bonds is 7. The van der Waals surface area contributed by atoms with Crippen LogP contribution in [0, 0.1) is 0 Å². The van der Waals surface area contributed by atoms with Crippen LogP contribution in [0.2, 0.25) is 0 Å². The summed E-state index contributed by atoms with van der Waals surface area (Å²) < 4.78 is 10.5. The lowest BCUT2D eigenvalue weighted by Crippen LogP contribution is -2.21. The highest BCUT2D eigenvalue weighted by Crippen LogP contribution is 2.34. The van der Waals surface area contributed by atoms with Crippen molar-refractivity contribution in [3.63, 3.8) is 0 Å². The van der Waals surface area contributed by atoms with Gasteiger partial charge in [0.05, 0.1) is 6.42 Å². The molecule has 140 valence electrons. The highest BCUT2D eigenvalue weighted by molar-refractivity contribution is 6.05. The zero-order valence-electron chi connectivity index (χ0n) is 15.0. The summed E-state index contributed by atoms with van der Waals surface area (Å²) in [7, 11) is 0. The Morgan fingerprint density at radius 2 is 1.81 bits per heavy atom. The minimum absolute atomic E-state index is 0.0768. The summed E-state index contributed by atoms with van der Waals surface area (Å²) >= 11 is 0. The van der Waals surface area contributed by atoms with Crippen molar-refractivity contribution in [1.82, 2.24) is 5.43 Å². The standard InChI is InChI=1S/C20H21N3O4/c1-14(22-23-19(24)10-7-15-5-3-2-4-6-15)11-20(25)21-16-8-9-17-18(12-16)27-13-26-17/h2-6,8-9,12H,7,10-11,13H2,1H3,(H,21,25)(H,23,24)/b22-14-. The van der Waals surface area contributed by atoms with E-state index in [0.29, 0.717) is 35.7 Å². The van der Waals surface area contributed by atoms with Crippen LogP contribution in [0.4, 0.5) is 5.69 Å². The molecule has 0 saturated heterocycles. The summed E-state index contributed by atoms with van der Waals surface area (Å²) in [6.07, 6.45) is 1.06. The second-order valence-electron chi connectivity index (χ2n) is 6.16. The SMILES string of the molecule is C/C(CC(=O)Nc1ccc2c(c1)OCO2)=N/NC(=O)CCc1ccccc1. The molecule has 2 N–H and O–H groups in total. The lowest BCUT2D eigenvalue weighted by atomic mass is 10.1. The fourth-order valence-corrected chi connectivity index (χ4v) is 2.57. The summed E-state index contributed by atoms with van der Waals surface area (Å²) in [4.78, 5) is 24.0. The Morgan fingerprint density at radius 3 is 2.63 bits per heavy atom. The molecule has 0 aliphatic carbocycles. The number of hydrogen-bond acceptors (Lipinski definition) is 5. The molecule has 1 aliphatic rings. The van der Waals surface area contributed by atoms with E-state index in [4.69, 9.17) is 9.47 Å². The van der Waals surface area contributed by atoms with E-state index in [9.17, 15) is 9.59 Å². The molecule has 2 aromatic carbocycles. The van der Waals surface area contributed by atoms with Gasteiger partial charge in [0.1, 0.15) is 0 Å². The molecule has 0 saturated carbocycles. The van der Waals surface area contributed by atoms with E-state index >= 15 is 0 Å². The van der Waals surface area contributed by atoms with Gasteiger partial charge in [-0.25, -0.2) is 5.43 Å². The molecule has 1 aliphatic heterocycles. The van der Waals surface area contributed by atoms with Gasteiger partial charge in [0, 0.05) is 23.9 Å². The van der Waals surface area contributed by atoms with Gasteiger partial charge in [-0.2, -0.15) is 5.10 Å². The van der Waals surface area contributed by atoms with E-state index in [1.54, 1.807) is 25.1 Å². The van der Waals surface area contributed by atoms with Crippen molar-refractivity contribution in [1.29, 1.82) is 0 Å². The maximum atomic E-state index is 12.1. The maximum Gasteiger partial charge on any atom is 0.240 e. The quantitative estimate of drug-likeness (QED) is 0.582. The molecule has 0 radical (unpaired) electrons. The molecule has 0 fully saturated rings. The number of aryl methyl sites for hydroxylation is 1. The number of nitrogens with zero attached hydrogens (tertiary/aromatic N) is 1. The van der Waals surface area contributed by atoms with Gasteiger partial charge in [0.25, 0.3) is 0 Å². The van der Waals surface area contributed by atoms with Crippen LogP contribution in [0.5, 0.6) is 11.5 Å². The summed E-state index contributed by atoms with van der Waals surface area (Å²) in [6.45, 7) is 1.87. The molecule has 0 atom stereocenters. The Hall–Kier alpha value is -3.35. The van der Waals surface area contributed by atoms with Crippen LogP contribution in [-0.2, 0) is 16.0 Å². The second kappa shape index (κ2) is 8.84. The minimum Gasteiger partial charge on any atom is -0.454 e. The molecule has 7 heteroatoms. The molecule has 0 bridgehead atoms. The van der Waals surface area contributed by atoms with Gasteiger partial charge in [0.15, 0.2) is 11.5 Å². The Labute approximate surface area is 157 Å². The first-order valence-corrected chi connectivity index (χ1v) is 8.65. The Kier molecular flexibility index (Phi) is 6.04. The largest absolute Gasteiger partial charge is 0.454 e. The van der Waals surface area contributed by atoms with Gasteiger partial charge in [0.2, 0.25) is 18.6 Å². The van der Waals surface area contributed by atoms with Crippen LogP contribution < -0.4 is 20.2 Å². The molecule has 0 aromatic heterocycles. The van der Waals surface area contributed by atoms with Crippen molar-refractivity contribution in [2.45, 2.75) is 26.2 Å². The van der Waals surface area contributed by atoms with Gasteiger partial charge in [-0.05, 0) is 31.0 Å². The Bertz CT molecular complexity index is 850. The summed E-state index contributed by atoms with van der Waals surface area (Å²) in [5.74, 6) is 0.843. The fourth-order valence-electron chi connectivity index (χ4n) is 2.57. The first kappa shape index (κ1) is 18.4. The average Bonchev–Trinajstić information content (AvgIpc) is 3.13. The normalized spacial score (nSPS) is 12.6. The first-order chi connectivity index (χ1) is 13.1. The van der Waals surface area contributed by atoms with Crippen LogP contribution in [0.15, 0.2) is 53.6 Å². The lowest BCUT2D eigenvalue weighted by molar-refractivity contribution is -0.121. The smallest absolute Gasteiger partial charge is 0.240 e. The third kappa shape index (κ3) is 5.57. The average molecular weight is 367 g/mol. The zero-order chi connectivity index (χ0) is 19.1. The number of nitrogens with one attached hydrogen (secondary N) is 2. The van der Waals surface area contributed by atoms with Crippen LogP contribution >= 0.6 is 0 Å². The maximum absolute atomic E-state index is 12.1. The molecule has 0 unspecified atom stereocenters. The van der Waals surface area contributed by atoms with Gasteiger partial charge in [-0.1, -0.05) is 30.3 Å². The Balaban J connectivity index is 1.42. The molecular formula is C20H21N3O4. The number of hydrazone groups is 1. The molecule has 7 nitrogen and oxygen atoms in total. The van der Waals surface area contributed by atoms with E-state index in [1.165, 1.54) is 0 Å². The molecule has 2 amide bonds. The predicted octanol–water partition coefficient (Wildman–Crippen LogP) is 2.87. The minimum atomic E-state index is -0.228. The van der Waals surface area contributed by atoms with Crippen LogP contribution in [0.25, 0.3) is 0 Å². The van der Waals surface area contributed by atoms with Gasteiger partial charge in [-0.3, -0.25) is 9.59 Å². The van der Waals surface area contributed by atoms with Gasteiger partial charge >= 0.3 is 0 Å². The first-order valence-electron chi connectivity index (χ1n) is 8.65. The van der Waals surface area contributed by atoms with E-state index in [-0.39, 0.29) is 25.0 Å². The number of hydrogen-bond donors (Lipinski definition) is 2. The number of benzene rings is 2. The number of amides is 2.